The number of rotatable bonds is 1. The highest BCUT2D eigenvalue weighted by atomic mass is 16.5. The van der Waals surface area contributed by atoms with Crippen molar-refractivity contribution >= 4 is 11.7 Å². The van der Waals surface area contributed by atoms with Crippen molar-refractivity contribution in [2.45, 2.75) is 26.1 Å². The van der Waals surface area contributed by atoms with Gasteiger partial charge < -0.3 is 15.0 Å². The van der Waals surface area contributed by atoms with Crippen molar-refractivity contribution < 1.29 is 9.53 Å². The van der Waals surface area contributed by atoms with E-state index in [2.05, 4.69) is 5.32 Å². The van der Waals surface area contributed by atoms with Crippen LogP contribution in [-0.4, -0.2) is 36.2 Å². The molecule has 0 unspecified atom stereocenters. The van der Waals surface area contributed by atoms with Gasteiger partial charge >= 0.3 is 6.03 Å². The van der Waals surface area contributed by atoms with Gasteiger partial charge in [-0.25, -0.2) is 4.79 Å². The summed E-state index contributed by atoms with van der Waals surface area (Å²) in [6.45, 7) is 5.06. The number of carbonyl (C=O) groups is 1. The second kappa shape index (κ2) is 5.72. The fraction of sp³-hybridized carbons (Fsp3) is 0.429. The van der Waals surface area contributed by atoms with Crippen molar-refractivity contribution in [3.63, 3.8) is 0 Å². The van der Waals surface area contributed by atoms with Crippen LogP contribution in [-0.2, 0) is 4.74 Å². The number of nitrogens with zero attached hydrogens (tertiary/aromatic N) is 2. The largest absolute Gasteiger partial charge is 0.372 e. The van der Waals surface area contributed by atoms with E-state index < -0.39 is 0 Å². The van der Waals surface area contributed by atoms with Gasteiger partial charge in [0.1, 0.15) is 0 Å². The number of nitrogens with one attached hydrogen (secondary N) is 1. The molecular weight excluding hydrogens is 242 g/mol. The zero-order valence-corrected chi connectivity index (χ0v) is 11.1. The number of morpholine rings is 1. The van der Waals surface area contributed by atoms with Gasteiger partial charge in [-0.05, 0) is 32.0 Å². The summed E-state index contributed by atoms with van der Waals surface area (Å²) in [6.07, 6.45) is 0.0832. The van der Waals surface area contributed by atoms with E-state index in [0.717, 1.165) is 0 Å². The quantitative estimate of drug-likeness (QED) is 0.840. The Morgan fingerprint density at radius 1 is 1.42 bits per heavy atom. The number of carbonyl (C=O) groups excluding carboxylic acids is 1. The predicted octanol–water partition coefficient (Wildman–Crippen LogP) is 2.20. The maximum Gasteiger partial charge on any atom is 0.322 e. The first-order valence-corrected chi connectivity index (χ1v) is 6.30. The number of hydrogen-bond donors (Lipinski definition) is 1. The molecular formula is C14H17N3O2. The molecule has 1 aromatic carbocycles. The second-order valence-corrected chi connectivity index (χ2v) is 4.79. The molecule has 0 radical (unpaired) electrons. The molecule has 1 aliphatic heterocycles. The molecule has 1 aliphatic rings. The number of anilines is 1. The summed E-state index contributed by atoms with van der Waals surface area (Å²) >= 11 is 0. The fourth-order valence-corrected chi connectivity index (χ4v) is 2.21. The van der Waals surface area contributed by atoms with Crippen molar-refractivity contribution in [3.05, 3.63) is 29.8 Å². The van der Waals surface area contributed by atoms with Gasteiger partial charge in [0.05, 0.1) is 23.8 Å². The molecule has 1 heterocycles. The summed E-state index contributed by atoms with van der Waals surface area (Å²) < 4.78 is 5.59. The number of urea groups is 1. The second-order valence-electron chi connectivity index (χ2n) is 4.79. The molecule has 19 heavy (non-hydrogen) atoms. The Bertz CT molecular complexity index is 500. The van der Waals surface area contributed by atoms with Crippen LogP contribution in [0.4, 0.5) is 10.5 Å². The molecule has 2 rings (SSSR count). The van der Waals surface area contributed by atoms with Gasteiger partial charge in [-0.15, -0.1) is 0 Å². The molecule has 1 saturated heterocycles. The summed E-state index contributed by atoms with van der Waals surface area (Å²) in [6, 6.07) is 8.77. The van der Waals surface area contributed by atoms with Crippen LogP contribution in [0.1, 0.15) is 19.4 Å². The first-order chi connectivity index (χ1) is 9.08. The van der Waals surface area contributed by atoms with E-state index in [0.29, 0.717) is 24.3 Å². The molecule has 1 fully saturated rings. The highest BCUT2D eigenvalue weighted by Gasteiger charge is 2.25. The molecule has 5 heteroatoms. The first-order valence-electron chi connectivity index (χ1n) is 6.30. The lowest BCUT2D eigenvalue weighted by Gasteiger charge is -2.35. The van der Waals surface area contributed by atoms with Crippen LogP contribution in [0.25, 0.3) is 0 Å². The maximum atomic E-state index is 12.1. The van der Waals surface area contributed by atoms with Crippen LogP contribution >= 0.6 is 0 Å². The molecule has 2 amide bonds. The van der Waals surface area contributed by atoms with Gasteiger partial charge in [0.25, 0.3) is 0 Å². The van der Waals surface area contributed by atoms with Crippen molar-refractivity contribution in [1.29, 1.82) is 5.26 Å². The minimum atomic E-state index is -0.155. The summed E-state index contributed by atoms with van der Waals surface area (Å²) in [5.74, 6) is 0. The SMILES string of the molecule is C[C@@H]1CN(C(=O)Nc2cccc(C#N)c2)C[C@@H](C)O1. The third-order valence-corrected chi connectivity index (χ3v) is 2.95. The van der Waals surface area contributed by atoms with Gasteiger partial charge in [-0.3, -0.25) is 0 Å². The molecule has 0 aromatic heterocycles. The molecule has 5 nitrogen and oxygen atoms in total. The Balaban J connectivity index is 2.02. The smallest absolute Gasteiger partial charge is 0.322 e. The minimum absolute atomic E-state index is 0.0416. The number of hydrogen-bond acceptors (Lipinski definition) is 3. The van der Waals surface area contributed by atoms with Crippen LogP contribution in [0, 0.1) is 11.3 Å². The molecule has 0 saturated carbocycles. The maximum absolute atomic E-state index is 12.1. The highest BCUT2D eigenvalue weighted by molar-refractivity contribution is 5.89. The van der Waals surface area contributed by atoms with E-state index >= 15 is 0 Å². The van der Waals surface area contributed by atoms with Crippen LogP contribution in [0.3, 0.4) is 0 Å². The third-order valence-electron chi connectivity index (χ3n) is 2.95. The Hall–Kier alpha value is -2.06. The zero-order chi connectivity index (χ0) is 13.8. The number of nitriles is 1. The zero-order valence-electron chi connectivity index (χ0n) is 11.1. The summed E-state index contributed by atoms with van der Waals surface area (Å²) in [7, 11) is 0. The van der Waals surface area contributed by atoms with Crippen LogP contribution in [0.2, 0.25) is 0 Å². The van der Waals surface area contributed by atoms with E-state index in [9.17, 15) is 4.79 Å². The first kappa shape index (κ1) is 13.4. The molecule has 2 atom stereocenters. The summed E-state index contributed by atoms with van der Waals surface area (Å²) in [5, 5.41) is 11.6. The minimum Gasteiger partial charge on any atom is -0.372 e. The van der Waals surface area contributed by atoms with Gasteiger partial charge in [0.15, 0.2) is 0 Å². The average Bonchev–Trinajstić information content (AvgIpc) is 2.37. The highest BCUT2D eigenvalue weighted by Crippen LogP contribution is 2.14. The van der Waals surface area contributed by atoms with Crippen molar-refractivity contribution in [1.82, 2.24) is 4.90 Å². The van der Waals surface area contributed by atoms with Gasteiger partial charge in [0.2, 0.25) is 0 Å². The van der Waals surface area contributed by atoms with Crippen molar-refractivity contribution in [2.75, 3.05) is 18.4 Å². The summed E-state index contributed by atoms with van der Waals surface area (Å²) in [5.41, 5.74) is 1.16. The molecule has 1 aromatic rings. The number of ether oxygens (including phenoxy) is 1. The standard InChI is InChI=1S/C14H17N3O2/c1-10-8-17(9-11(2)19-10)14(18)16-13-5-3-4-12(6-13)7-15/h3-6,10-11H,8-9H2,1-2H3,(H,16,18)/t10-,11-/m1/s1. The normalized spacial score (nSPS) is 22.7. The Labute approximate surface area is 112 Å². The predicted molar refractivity (Wildman–Crippen MR) is 71.8 cm³/mol. The Morgan fingerprint density at radius 2 is 2.11 bits per heavy atom. The van der Waals surface area contributed by atoms with E-state index in [1.54, 1.807) is 29.2 Å². The van der Waals surface area contributed by atoms with Gasteiger partial charge in [-0.2, -0.15) is 5.26 Å². The van der Waals surface area contributed by atoms with Gasteiger partial charge in [-0.1, -0.05) is 6.07 Å². The van der Waals surface area contributed by atoms with Crippen LogP contribution < -0.4 is 5.32 Å². The lowest BCUT2D eigenvalue weighted by molar-refractivity contribution is -0.0530. The van der Waals surface area contributed by atoms with Crippen molar-refractivity contribution in [3.8, 4) is 6.07 Å². The molecule has 0 aliphatic carbocycles. The van der Waals surface area contributed by atoms with Gasteiger partial charge in [0, 0.05) is 18.8 Å². The Kier molecular flexibility index (Phi) is 4.03. The summed E-state index contributed by atoms with van der Waals surface area (Å²) in [4.78, 5) is 13.9. The third kappa shape index (κ3) is 3.46. The Morgan fingerprint density at radius 3 is 2.74 bits per heavy atom. The fourth-order valence-electron chi connectivity index (χ4n) is 2.21. The molecule has 0 bridgehead atoms. The lowest BCUT2D eigenvalue weighted by Crippen LogP contribution is -2.49. The van der Waals surface area contributed by atoms with E-state index in [1.807, 2.05) is 19.9 Å². The lowest BCUT2D eigenvalue weighted by atomic mass is 10.2. The topological polar surface area (TPSA) is 65.4 Å². The van der Waals surface area contributed by atoms with E-state index in [1.165, 1.54) is 0 Å². The average molecular weight is 259 g/mol. The van der Waals surface area contributed by atoms with Crippen LogP contribution in [0.15, 0.2) is 24.3 Å². The monoisotopic (exact) mass is 259 g/mol. The molecule has 0 spiro atoms. The molecule has 100 valence electrons. The number of amides is 2. The van der Waals surface area contributed by atoms with Crippen LogP contribution in [0.5, 0.6) is 0 Å². The molecule has 1 N–H and O–H groups in total. The van der Waals surface area contributed by atoms with Crippen molar-refractivity contribution in [2.24, 2.45) is 0 Å². The van der Waals surface area contributed by atoms with E-state index in [-0.39, 0.29) is 18.2 Å². The number of benzene rings is 1. The van der Waals surface area contributed by atoms with E-state index in [4.69, 9.17) is 10.00 Å².